The van der Waals surface area contributed by atoms with E-state index in [0.717, 1.165) is 27.5 Å². The van der Waals surface area contributed by atoms with Crippen molar-refractivity contribution in [3.63, 3.8) is 0 Å². The minimum absolute atomic E-state index is 0.689. The summed E-state index contributed by atoms with van der Waals surface area (Å²) in [6, 6.07) is 14.3. The van der Waals surface area contributed by atoms with Crippen molar-refractivity contribution in [3.8, 4) is 6.07 Å². The van der Waals surface area contributed by atoms with Gasteiger partial charge in [0.05, 0.1) is 23.5 Å². The number of benzene rings is 1. The summed E-state index contributed by atoms with van der Waals surface area (Å²) in [4.78, 5) is 7.58. The highest BCUT2D eigenvalue weighted by Crippen LogP contribution is 2.28. The number of pyridine rings is 1. The van der Waals surface area contributed by atoms with Gasteiger partial charge in [-0.05, 0) is 37.4 Å². The normalized spacial score (nSPS) is 10.1. The highest BCUT2D eigenvalue weighted by atomic mass is 32.2. The van der Waals surface area contributed by atoms with E-state index in [4.69, 9.17) is 0 Å². The summed E-state index contributed by atoms with van der Waals surface area (Å²) in [5.41, 5.74) is 3.69. The van der Waals surface area contributed by atoms with E-state index >= 15 is 0 Å². The van der Waals surface area contributed by atoms with Crippen molar-refractivity contribution < 1.29 is 0 Å². The third-order valence-electron chi connectivity index (χ3n) is 3.09. The quantitative estimate of drug-likeness (QED) is 0.803. The molecule has 1 aromatic carbocycles. The molecular weight excluding hydrogens is 266 g/mol. The van der Waals surface area contributed by atoms with Crippen LogP contribution in [0.2, 0.25) is 0 Å². The SMILES string of the molecule is CSc1cccc(N(C)Cc2cccc(C)n2)c1C#N. The second kappa shape index (κ2) is 6.44. The van der Waals surface area contributed by atoms with Crippen LogP contribution in [0.15, 0.2) is 41.3 Å². The van der Waals surface area contributed by atoms with Gasteiger partial charge in [-0.2, -0.15) is 5.26 Å². The highest BCUT2D eigenvalue weighted by Gasteiger charge is 2.12. The van der Waals surface area contributed by atoms with Crippen LogP contribution in [0.1, 0.15) is 17.0 Å². The number of nitriles is 1. The van der Waals surface area contributed by atoms with Crippen molar-refractivity contribution in [2.24, 2.45) is 0 Å². The lowest BCUT2D eigenvalue weighted by Gasteiger charge is -2.21. The monoisotopic (exact) mass is 283 g/mol. The molecule has 0 atom stereocenters. The number of aryl methyl sites for hydroxylation is 1. The summed E-state index contributed by atoms with van der Waals surface area (Å²) < 4.78 is 0. The summed E-state index contributed by atoms with van der Waals surface area (Å²) in [7, 11) is 1.99. The summed E-state index contributed by atoms with van der Waals surface area (Å²) in [5.74, 6) is 0. The second-order valence-corrected chi connectivity index (χ2v) is 5.44. The van der Waals surface area contributed by atoms with Crippen molar-refractivity contribution in [1.29, 1.82) is 5.26 Å². The zero-order valence-corrected chi connectivity index (χ0v) is 12.7. The zero-order valence-electron chi connectivity index (χ0n) is 11.9. The molecule has 4 heteroatoms. The molecule has 102 valence electrons. The van der Waals surface area contributed by atoms with Gasteiger partial charge in [0, 0.05) is 17.6 Å². The maximum Gasteiger partial charge on any atom is 0.103 e. The van der Waals surface area contributed by atoms with E-state index in [0.29, 0.717) is 6.54 Å². The predicted molar refractivity (Wildman–Crippen MR) is 84.0 cm³/mol. The molecule has 0 saturated heterocycles. The van der Waals surface area contributed by atoms with Crippen molar-refractivity contribution >= 4 is 17.4 Å². The maximum atomic E-state index is 9.38. The number of thioether (sulfide) groups is 1. The summed E-state index contributed by atoms with van der Waals surface area (Å²) >= 11 is 1.60. The van der Waals surface area contributed by atoms with Crippen LogP contribution in [0.3, 0.4) is 0 Å². The van der Waals surface area contributed by atoms with Gasteiger partial charge in [0.1, 0.15) is 6.07 Å². The van der Waals surface area contributed by atoms with E-state index in [1.807, 2.05) is 56.6 Å². The van der Waals surface area contributed by atoms with E-state index in [-0.39, 0.29) is 0 Å². The summed E-state index contributed by atoms with van der Waals surface area (Å²) in [6.07, 6.45) is 1.99. The Hall–Kier alpha value is -1.99. The van der Waals surface area contributed by atoms with Gasteiger partial charge >= 0.3 is 0 Å². The first-order valence-electron chi connectivity index (χ1n) is 6.36. The van der Waals surface area contributed by atoms with Crippen molar-refractivity contribution in [2.75, 3.05) is 18.2 Å². The Morgan fingerprint density at radius 3 is 2.65 bits per heavy atom. The van der Waals surface area contributed by atoms with Crippen LogP contribution in [0.4, 0.5) is 5.69 Å². The van der Waals surface area contributed by atoms with Crippen LogP contribution in [0, 0.1) is 18.3 Å². The second-order valence-electron chi connectivity index (χ2n) is 4.59. The van der Waals surface area contributed by atoms with Gasteiger partial charge in [-0.1, -0.05) is 12.1 Å². The van der Waals surface area contributed by atoms with Gasteiger partial charge in [-0.15, -0.1) is 11.8 Å². The summed E-state index contributed by atoms with van der Waals surface area (Å²) in [5, 5.41) is 9.38. The molecule has 0 amide bonds. The van der Waals surface area contributed by atoms with Gasteiger partial charge in [0.2, 0.25) is 0 Å². The van der Waals surface area contributed by atoms with E-state index in [1.54, 1.807) is 11.8 Å². The standard InChI is InChI=1S/C16H17N3S/c1-12-6-4-7-13(18-12)11-19(2)15-8-5-9-16(20-3)14(15)10-17/h4-9H,11H2,1-3H3. The minimum atomic E-state index is 0.689. The number of hydrogen-bond acceptors (Lipinski definition) is 4. The zero-order chi connectivity index (χ0) is 14.5. The van der Waals surface area contributed by atoms with Gasteiger partial charge in [-0.3, -0.25) is 4.98 Å². The lowest BCUT2D eigenvalue weighted by atomic mass is 10.1. The largest absolute Gasteiger partial charge is 0.368 e. The molecule has 2 aromatic rings. The first-order valence-corrected chi connectivity index (χ1v) is 7.59. The fourth-order valence-corrected chi connectivity index (χ4v) is 2.70. The average Bonchev–Trinajstić information content (AvgIpc) is 2.46. The molecule has 20 heavy (non-hydrogen) atoms. The number of rotatable bonds is 4. The molecule has 1 heterocycles. The van der Waals surface area contributed by atoms with E-state index in [9.17, 15) is 5.26 Å². The Morgan fingerprint density at radius 2 is 2.00 bits per heavy atom. The number of anilines is 1. The molecule has 0 fully saturated rings. The Labute approximate surface area is 124 Å². The Kier molecular flexibility index (Phi) is 4.65. The summed E-state index contributed by atoms with van der Waals surface area (Å²) in [6.45, 7) is 2.67. The molecule has 0 saturated carbocycles. The predicted octanol–water partition coefficient (Wildman–Crippen LogP) is 3.62. The van der Waals surface area contributed by atoms with E-state index < -0.39 is 0 Å². The van der Waals surface area contributed by atoms with Crippen LogP contribution in [0.25, 0.3) is 0 Å². The number of hydrogen-bond donors (Lipinski definition) is 0. The molecule has 0 aliphatic heterocycles. The molecule has 0 spiro atoms. The smallest absolute Gasteiger partial charge is 0.103 e. The van der Waals surface area contributed by atoms with Crippen LogP contribution in [0.5, 0.6) is 0 Å². The lowest BCUT2D eigenvalue weighted by Crippen LogP contribution is -2.18. The lowest BCUT2D eigenvalue weighted by molar-refractivity contribution is 0.873. The fraction of sp³-hybridized carbons (Fsp3) is 0.250. The molecule has 1 aromatic heterocycles. The van der Waals surface area contributed by atoms with Crippen molar-refractivity contribution in [2.45, 2.75) is 18.4 Å². The number of nitrogens with zero attached hydrogens (tertiary/aromatic N) is 3. The fourth-order valence-electron chi connectivity index (χ4n) is 2.14. The van der Waals surface area contributed by atoms with Gasteiger partial charge < -0.3 is 4.90 Å². The van der Waals surface area contributed by atoms with Gasteiger partial charge in [-0.25, -0.2) is 0 Å². The maximum absolute atomic E-state index is 9.38. The van der Waals surface area contributed by atoms with Crippen molar-refractivity contribution in [3.05, 3.63) is 53.3 Å². The van der Waals surface area contributed by atoms with Gasteiger partial charge in [0.15, 0.2) is 0 Å². The highest BCUT2D eigenvalue weighted by molar-refractivity contribution is 7.98. The van der Waals surface area contributed by atoms with E-state index in [2.05, 4.69) is 16.0 Å². The molecule has 0 aliphatic carbocycles. The van der Waals surface area contributed by atoms with Crippen LogP contribution >= 0.6 is 11.8 Å². The minimum Gasteiger partial charge on any atom is -0.368 e. The molecule has 3 nitrogen and oxygen atoms in total. The molecule has 0 bridgehead atoms. The topological polar surface area (TPSA) is 39.9 Å². The number of aromatic nitrogens is 1. The van der Waals surface area contributed by atoms with E-state index in [1.165, 1.54) is 0 Å². The third-order valence-corrected chi connectivity index (χ3v) is 3.87. The van der Waals surface area contributed by atoms with Gasteiger partial charge in [0.25, 0.3) is 0 Å². The van der Waals surface area contributed by atoms with Crippen LogP contribution in [-0.2, 0) is 6.54 Å². The van der Waals surface area contributed by atoms with Crippen LogP contribution in [-0.4, -0.2) is 18.3 Å². The first kappa shape index (κ1) is 14.4. The molecule has 0 aliphatic rings. The Bertz CT molecular complexity index is 646. The van der Waals surface area contributed by atoms with Crippen molar-refractivity contribution in [1.82, 2.24) is 4.98 Å². The third kappa shape index (κ3) is 3.12. The molecule has 0 unspecified atom stereocenters. The first-order chi connectivity index (χ1) is 9.65. The molecule has 0 radical (unpaired) electrons. The Morgan fingerprint density at radius 1 is 1.25 bits per heavy atom. The molecule has 0 N–H and O–H groups in total. The average molecular weight is 283 g/mol. The molecular formula is C16H17N3S. The molecule has 2 rings (SSSR count). The van der Waals surface area contributed by atoms with Crippen LogP contribution < -0.4 is 4.90 Å². The Balaban J connectivity index is 2.30.